The summed E-state index contributed by atoms with van der Waals surface area (Å²) in [4.78, 5) is 0. The molecule has 1 heterocycles. The van der Waals surface area contributed by atoms with Crippen LogP contribution in [0.2, 0.25) is 0 Å². The van der Waals surface area contributed by atoms with E-state index in [2.05, 4.69) is 27.0 Å². The third-order valence-corrected chi connectivity index (χ3v) is 4.72. The van der Waals surface area contributed by atoms with Crippen LogP contribution in [-0.2, 0) is 7.05 Å². The summed E-state index contributed by atoms with van der Waals surface area (Å²) >= 11 is 1.89. The van der Waals surface area contributed by atoms with E-state index < -0.39 is 0 Å². The van der Waals surface area contributed by atoms with Gasteiger partial charge in [0.15, 0.2) is 5.16 Å². The van der Waals surface area contributed by atoms with Crippen LogP contribution >= 0.6 is 11.8 Å². The lowest BCUT2D eigenvalue weighted by Crippen LogP contribution is -2.27. The van der Waals surface area contributed by atoms with Gasteiger partial charge in [-0.1, -0.05) is 18.7 Å². The molecule has 2 atom stereocenters. The average molecular weight is 254 g/mol. The molecule has 5 heteroatoms. The van der Waals surface area contributed by atoms with Crippen LogP contribution in [0.4, 0.5) is 0 Å². The smallest absolute Gasteiger partial charge is 0.191 e. The monoisotopic (exact) mass is 254 g/mol. The third-order valence-electron chi connectivity index (χ3n) is 3.39. The summed E-state index contributed by atoms with van der Waals surface area (Å²) < 4.78 is 2.08. The summed E-state index contributed by atoms with van der Waals surface area (Å²) in [5.41, 5.74) is 0. The van der Waals surface area contributed by atoms with Gasteiger partial charge in [-0.3, -0.25) is 0 Å². The summed E-state index contributed by atoms with van der Waals surface area (Å²) in [6.07, 6.45) is 5.07. The first-order valence-electron chi connectivity index (χ1n) is 6.46. The molecule has 96 valence electrons. The van der Waals surface area contributed by atoms with Crippen LogP contribution in [0.3, 0.4) is 0 Å². The van der Waals surface area contributed by atoms with E-state index in [4.69, 9.17) is 0 Å². The molecule has 0 aliphatic heterocycles. The van der Waals surface area contributed by atoms with Gasteiger partial charge in [-0.15, -0.1) is 10.2 Å². The highest BCUT2D eigenvalue weighted by Crippen LogP contribution is 2.33. The highest BCUT2D eigenvalue weighted by atomic mass is 32.2. The molecule has 2 unspecified atom stereocenters. The van der Waals surface area contributed by atoms with Crippen molar-refractivity contribution >= 4 is 11.8 Å². The predicted molar refractivity (Wildman–Crippen MR) is 71.3 cm³/mol. The van der Waals surface area contributed by atoms with Crippen LogP contribution < -0.4 is 5.32 Å². The average Bonchev–Trinajstić information content (AvgIpc) is 2.89. The second-order valence-electron chi connectivity index (χ2n) is 4.79. The number of aromatic nitrogens is 3. The predicted octanol–water partition coefficient (Wildman–Crippen LogP) is 2.14. The van der Waals surface area contributed by atoms with Gasteiger partial charge in [0.2, 0.25) is 0 Å². The zero-order valence-electron chi connectivity index (χ0n) is 10.9. The number of aryl methyl sites for hydroxylation is 1. The molecule has 1 saturated carbocycles. The van der Waals surface area contributed by atoms with Gasteiger partial charge in [0, 0.05) is 18.3 Å². The molecule has 0 saturated heterocycles. The lowest BCUT2D eigenvalue weighted by molar-refractivity contribution is 0.524. The number of hydrogen-bond donors (Lipinski definition) is 1. The van der Waals surface area contributed by atoms with E-state index in [9.17, 15) is 0 Å². The quantitative estimate of drug-likeness (QED) is 0.874. The van der Waals surface area contributed by atoms with Gasteiger partial charge in [0.25, 0.3) is 0 Å². The highest BCUT2D eigenvalue weighted by Gasteiger charge is 2.26. The highest BCUT2D eigenvalue weighted by molar-refractivity contribution is 7.99. The molecule has 1 aliphatic rings. The molecule has 0 aromatic carbocycles. The normalized spacial score (nSPS) is 24.4. The molecule has 1 fully saturated rings. The van der Waals surface area contributed by atoms with Crippen LogP contribution in [0.1, 0.15) is 38.4 Å². The van der Waals surface area contributed by atoms with E-state index in [-0.39, 0.29) is 0 Å². The Morgan fingerprint density at radius 2 is 2.24 bits per heavy atom. The molecule has 1 aliphatic carbocycles. The lowest BCUT2D eigenvalue weighted by Gasteiger charge is -2.12. The summed E-state index contributed by atoms with van der Waals surface area (Å²) in [6, 6.07) is 0.710. The summed E-state index contributed by atoms with van der Waals surface area (Å²) in [7, 11) is 2.04. The van der Waals surface area contributed by atoms with Crippen molar-refractivity contribution in [3.8, 4) is 0 Å². The number of thioether (sulfide) groups is 1. The molecule has 4 nitrogen and oxygen atoms in total. The molecule has 0 spiro atoms. The van der Waals surface area contributed by atoms with E-state index >= 15 is 0 Å². The minimum absolute atomic E-state index is 0.701. The van der Waals surface area contributed by atoms with Crippen molar-refractivity contribution < 1.29 is 0 Å². The van der Waals surface area contributed by atoms with E-state index in [0.717, 1.165) is 17.5 Å². The molecular formula is C12H22N4S. The minimum atomic E-state index is 0.701. The van der Waals surface area contributed by atoms with Gasteiger partial charge in [0.05, 0.1) is 0 Å². The Bertz CT molecular complexity index is 363. The first-order chi connectivity index (χ1) is 8.20. The first kappa shape index (κ1) is 12.9. The van der Waals surface area contributed by atoms with Crippen LogP contribution in [-0.4, -0.2) is 32.6 Å². The Labute approximate surface area is 108 Å². The number of nitrogens with one attached hydrogen (secondary N) is 1. The molecule has 17 heavy (non-hydrogen) atoms. The van der Waals surface area contributed by atoms with Gasteiger partial charge < -0.3 is 9.88 Å². The molecule has 1 aromatic heterocycles. The molecule has 0 amide bonds. The Morgan fingerprint density at radius 1 is 1.41 bits per heavy atom. The maximum absolute atomic E-state index is 4.22. The van der Waals surface area contributed by atoms with Crippen molar-refractivity contribution in [2.45, 2.75) is 56.0 Å². The maximum atomic E-state index is 4.22. The number of nitrogens with zero attached hydrogens (tertiary/aromatic N) is 3. The molecule has 1 aromatic rings. The van der Waals surface area contributed by atoms with Crippen LogP contribution in [0.5, 0.6) is 0 Å². The standard InChI is InChI=1S/C12H22N4S/c1-4-7-13-10-5-6-11(8-10)17-12-15-14-9(2)16(12)3/h10-11,13H,4-8H2,1-3H3. The van der Waals surface area contributed by atoms with Crippen molar-refractivity contribution in [3.05, 3.63) is 5.82 Å². The number of rotatable bonds is 5. The topological polar surface area (TPSA) is 42.7 Å². The van der Waals surface area contributed by atoms with Gasteiger partial charge in [-0.25, -0.2) is 0 Å². The molecule has 0 bridgehead atoms. The Balaban J connectivity index is 1.83. The van der Waals surface area contributed by atoms with Crippen LogP contribution in [0.25, 0.3) is 0 Å². The van der Waals surface area contributed by atoms with Crippen LogP contribution in [0, 0.1) is 6.92 Å². The van der Waals surface area contributed by atoms with Gasteiger partial charge >= 0.3 is 0 Å². The first-order valence-corrected chi connectivity index (χ1v) is 7.34. The van der Waals surface area contributed by atoms with Crippen molar-refractivity contribution in [2.24, 2.45) is 7.05 Å². The fraction of sp³-hybridized carbons (Fsp3) is 0.833. The summed E-state index contributed by atoms with van der Waals surface area (Å²) in [5.74, 6) is 0.992. The largest absolute Gasteiger partial charge is 0.314 e. The van der Waals surface area contributed by atoms with E-state index in [1.54, 1.807) is 0 Å². The van der Waals surface area contributed by atoms with Crippen molar-refractivity contribution in [3.63, 3.8) is 0 Å². The van der Waals surface area contributed by atoms with Crippen molar-refractivity contribution in [1.29, 1.82) is 0 Å². The number of hydrogen-bond acceptors (Lipinski definition) is 4. The van der Waals surface area contributed by atoms with Crippen LogP contribution in [0.15, 0.2) is 5.16 Å². The maximum Gasteiger partial charge on any atom is 0.191 e. The molecule has 2 rings (SSSR count). The van der Waals surface area contributed by atoms with Gasteiger partial charge in [-0.2, -0.15) is 0 Å². The van der Waals surface area contributed by atoms with Gasteiger partial charge in [0.1, 0.15) is 5.82 Å². The Kier molecular flexibility index (Phi) is 4.45. The second-order valence-corrected chi connectivity index (χ2v) is 6.06. The third kappa shape index (κ3) is 3.22. The second kappa shape index (κ2) is 5.87. The molecular weight excluding hydrogens is 232 g/mol. The zero-order chi connectivity index (χ0) is 12.3. The zero-order valence-corrected chi connectivity index (χ0v) is 11.8. The van der Waals surface area contributed by atoms with Gasteiger partial charge in [-0.05, 0) is 39.2 Å². The van der Waals surface area contributed by atoms with E-state index in [0.29, 0.717) is 11.3 Å². The molecule has 1 N–H and O–H groups in total. The summed E-state index contributed by atoms with van der Waals surface area (Å²) in [5, 5.41) is 13.7. The fourth-order valence-electron chi connectivity index (χ4n) is 2.22. The van der Waals surface area contributed by atoms with E-state index in [1.165, 1.54) is 25.7 Å². The molecule has 0 radical (unpaired) electrons. The van der Waals surface area contributed by atoms with Crippen molar-refractivity contribution in [1.82, 2.24) is 20.1 Å². The SMILES string of the molecule is CCCNC1CCC(Sc2nnc(C)n2C)C1. The van der Waals surface area contributed by atoms with Crippen molar-refractivity contribution in [2.75, 3.05) is 6.54 Å². The van der Waals surface area contributed by atoms with E-state index in [1.807, 2.05) is 25.7 Å². The summed E-state index contributed by atoms with van der Waals surface area (Å²) in [6.45, 7) is 5.36. The minimum Gasteiger partial charge on any atom is -0.314 e. The fourth-order valence-corrected chi connectivity index (χ4v) is 3.48. The Morgan fingerprint density at radius 3 is 2.88 bits per heavy atom. The lowest BCUT2D eigenvalue weighted by atomic mass is 10.2. The Hall–Kier alpha value is -0.550.